The Hall–Kier alpha value is -3.77. The molecule has 0 aliphatic carbocycles. The van der Waals surface area contributed by atoms with Crippen LogP contribution in [0.1, 0.15) is 10.4 Å². The number of nitrogens with zero attached hydrogens (tertiary/aromatic N) is 2. The summed E-state index contributed by atoms with van der Waals surface area (Å²) in [5.41, 5.74) is 6.32. The third-order valence-electron chi connectivity index (χ3n) is 4.25. The molecular weight excluding hydrogens is 352 g/mol. The highest BCUT2D eigenvalue weighted by Gasteiger charge is 2.10. The van der Waals surface area contributed by atoms with Crippen LogP contribution in [0.15, 0.2) is 78.9 Å². The summed E-state index contributed by atoms with van der Waals surface area (Å²) in [6.45, 7) is 0. The number of para-hydroxylation sites is 1. The lowest BCUT2D eigenvalue weighted by atomic mass is 10.1. The zero-order valence-corrected chi connectivity index (χ0v) is 15.2. The topological polar surface area (TPSA) is 76.1 Å². The molecule has 138 valence electrons. The van der Waals surface area contributed by atoms with E-state index in [-0.39, 0.29) is 5.91 Å². The Labute approximate surface area is 162 Å². The molecular formula is C22H18N4O2. The Balaban J connectivity index is 1.69. The maximum atomic E-state index is 11.8. The molecule has 28 heavy (non-hydrogen) atoms. The number of hydrogen-bond donors (Lipinski definition) is 2. The lowest BCUT2D eigenvalue weighted by Gasteiger charge is -2.11. The van der Waals surface area contributed by atoms with Crippen LogP contribution in [0.25, 0.3) is 22.2 Å². The maximum Gasteiger partial charge on any atom is 0.274 e. The lowest BCUT2D eigenvalue weighted by molar-refractivity contribution is 0.0537. The predicted molar refractivity (Wildman–Crippen MR) is 109 cm³/mol. The van der Waals surface area contributed by atoms with Crippen molar-refractivity contribution in [1.82, 2.24) is 15.4 Å². The quantitative estimate of drug-likeness (QED) is 0.511. The van der Waals surface area contributed by atoms with Crippen LogP contribution in [0.4, 0.5) is 11.6 Å². The summed E-state index contributed by atoms with van der Waals surface area (Å²) < 4.78 is 0. The summed E-state index contributed by atoms with van der Waals surface area (Å²) in [6.07, 6.45) is 0. The van der Waals surface area contributed by atoms with Gasteiger partial charge in [0.1, 0.15) is 0 Å². The Kier molecular flexibility index (Phi) is 4.95. The number of carbonyl (C=O) groups excluding carboxylic acids is 1. The van der Waals surface area contributed by atoms with E-state index < -0.39 is 0 Å². The van der Waals surface area contributed by atoms with E-state index >= 15 is 0 Å². The van der Waals surface area contributed by atoms with Gasteiger partial charge in [0.15, 0.2) is 0 Å². The molecule has 4 aromatic rings. The minimum Gasteiger partial charge on any atom is -0.324 e. The third-order valence-corrected chi connectivity index (χ3v) is 4.25. The first-order valence-corrected chi connectivity index (χ1v) is 8.77. The first kappa shape index (κ1) is 17.6. The molecule has 0 unspecified atom stereocenters. The van der Waals surface area contributed by atoms with Gasteiger partial charge in [-0.2, -0.15) is 0 Å². The fourth-order valence-electron chi connectivity index (χ4n) is 2.93. The van der Waals surface area contributed by atoms with Crippen LogP contribution in [0.2, 0.25) is 0 Å². The molecule has 0 radical (unpaired) electrons. The average Bonchev–Trinajstić information content (AvgIpc) is 2.74. The van der Waals surface area contributed by atoms with Crippen molar-refractivity contribution >= 4 is 28.4 Å². The van der Waals surface area contributed by atoms with E-state index in [4.69, 9.17) is 4.98 Å². The number of anilines is 2. The zero-order valence-electron chi connectivity index (χ0n) is 15.2. The van der Waals surface area contributed by atoms with Gasteiger partial charge in [0.25, 0.3) is 5.91 Å². The summed E-state index contributed by atoms with van der Waals surface area (Å²) in [7, 11) is 1.40. The van der Waals surface area contributed by atoms with Gasteiger partial charge in [-0.05, 0) is 30.3 Å². The smallest absolute Gasteiger partial charge is 0.274 e. The molecule has 0 spiro atoms. The fourth-order valence-corrected chi connectivity index (χ4v) is 2.93. The van der Waals surface area contributed by atoms with Crippen molar-refractivity contribution < 1.29 is 9.63 Å². The van der Waals surface area contributed by atoms with E-state index in [1.165, 1.54) is 7.11 Å². The van der Waals surface area contributed by atoms with Crippen LogP contribution in [-0.4, -0.2) is 23.0 Å². The van der Waals surface area contributed by atoms with Crippen molar-refractivity contribution in [3.05, 3.63) is 84.4 Å². The van der Waals surface area contributed by atoms with Gasteiger partial charge in [-0.15, -0.1) is 0 Å². The van der Waals surface area contributed by atoms with E-state index in [0.717, 1.165) is 27.8 Å². The van der Waals surface area contributed by atoms with Gasteiger partial charge in [-0.3, -0.25) is 9.63 Å². The summed E-state index contributed by atoms with van der Waals surface area (Å²) in [6, 6.07) is 24.9. The predicted octanol–water partition coefficient (Wildman–Crippen LogP) is 4.33. The molecule has 6 heteroatoms. The normalized spacial score (nSPS) is 10.6. The fraction of sp³-hybridized carbons (Fsp3) is 0.0455. The zero-order chi connectivity index (χ0) is 19.3. The maximum absolute atomic E-state index is 11.8. The second-order valence-electron chi connectivity index (χ2n) is 6.12. The SMILES string of the molecule is CONC(=O)c1ccc(Nc2nc(-c3ccccc3)c3ccccc3n2)cc1. The van der Waals surface area contributed by atoms with Crippen LogP contribution in [-0.2, 0) is 4.84 Å². The van der Waals surface area contributed by atoms with Gasteiger partial charge in [-0.25, -0.2) is 15.4 Å². The molecule has 4 rings (SSSR count). The molecule has 2 N–H and O–H groups in total. The van der Waals surface area contributed by atoms with E-state index in [9.17, 15) is 4.79 Å². The largest absolute Gasteiger partial charge is 0.324 e. The number of carbonyl (C=O) groups is 1. The summed E-state index contributed by atoms with van der Waals surface area (Å²) in [5.74, 6) is 0.189. The van der Waals surface area contributed by atoms with E-state index in [1.807, 2.05) is 54.6 Å². The van der Waals surface area contributed by atoms with Crippen molar-refractivity contribution in [3.8, 4) is 11.3 Å². The molecule has 0 saturated carbocycles. The molecule has 0 saturated heterocycles. The van der Waals surface area contributed by atoms with Crippen molar-refractivity contribution in [3.63, 3.8) is 0 Å². The van der Waals surface area contributed by atoms with Gasteiger partial charge in [-0.1, -0.05) is 48.5 Å². The Morgan fingerprint density at radius 1 is 0.857 bits per heavy atom. The van der Waals surface area contributed by atoms with E-state index in [1.54, 1.807) is 24.3 Å². The molecule has 0 atom stereocenters. The lowest BCUT2D eigenvalue weighted by Crippen LogP contribution is -2.21. The minimum atomic E-state index is -0.303. The number of amides is 1. The highest BCUT2D eigenvalue weighted by atomic mass is 16.6. The number of aromatic nitrogens is 2. The Morgan fingerprint density at radius 3 is 2.32 bits per heavy atom. The van der Waals surface area contributed by atoms with Crippen LogP contribution in [0, 0.1) is 0 Å². The van der Waals surface area contributed by atoms with Gasteiger partial charge in [0, 0.05) is 22.2 Å². The first-order chi connectivity index (χ1) is 13.7. The number of fused-ring (bicyclic) bond motifs is 1. The number of hydroxylamine groups is 1. The highest BCUT2D eigenvalue weighted by Crippen LogP contribution is 2.28. The number of nitrogens with one attached hydrogen (secondary N) is 2. The second kappa shape index (κ2) is 7.85. The number of rotatable bonds is 5. The molecule has 0 fully saturated rings. The van der Waals surface area contributed by atoms with Crippen LogP contribution < -0.4 is 10.8 Å². The van der Waals surface area contributed by atoms with Gasteiger partial charge >= 0.3 is 0 Å². The van der Waals surface area contributed by atoms with Crippen molar-refractivity contribution in [2.75, 3.05) is 12.4 Å². The van der Waals surface area contributed by atoms with E-state index in [0.29, 0.717) is 11.5 Å². The van der Waals surface area contributed by atoms with Crippen molar-refractivity contribution in [1.29, 1.82) is 0 Å². The number of benzene rings is 3. The van der Waals surface area contributed by atoms with Gasteiger partial charge in [0.2, 0.25) is 5.95 Å². The Morgan fingerprint density at radius 2 is 1.57 bits per heavy atom. The van der Waals surface area contributed by atoms with Crippen LogP contribution in [0.5, 0.6) is 0 Å². The molecule has 3 aromatic carbocycles. The van der Waals surface area contributed by atoms with E-state index in [2.05, 4.69) is 20.6 Å². The second-order valence-corrected chi connectivity index (χ2v) is 6.12. The Bertz CT molecular complexity index is 1110. The molecule has 0 bridgehead atoms. The van der Waals surface area contributed by atoms with Crippen molar-refractivity contribution in [2.45, 2.75) is 0 Å². The molecule has 1 aromatic heterocycles. The molecule has 0 aliphatic heterocycles. The minimum absolute atomic E-state index is 0.303. The monoisotopic (exact) mass is 370 g/mol. The molecule has 1 heterocycles. The summed E-state index contributed by atoms with van der Waals surface area (Å²) in [5, 5.41) is 4.21. The molecule has 6 nitrogen and oxygen atoms in total. The van der Waals surface area contributed by atoms with Gasteiger partial charge < -0.3 is 5.32 Å². The molecule has 1 amide bonds. The molecule has 0 aliphatic rings. The van der Waals surface area contributed by atoms with Crippen LogP contribution >= 0.6 is 0 Å². The van der Waals surface area contributed by atoms with Crippen LogP contribution in [0.3, 0.4) is 0 Å². The van der Waals surface area contributed by atoms with Crippen molar-refractivity contribution in [2.24, 2.45) is 0 Å². The number of hydrogen-bond acceptors (Lipinski definition) is 5. The van der Waals surface area contributed by atoms with Gasteiger partial charge in [0.05, 0.1) is 18.3 Å². The standard InChI is InChI=1S/C22H18N4O2/c1-28-26-21(27)16-11-13-17(14-12-16)23-22-24-19-10-6-5-9-18(19)20(25-22)15-7-3-2-4-8-15/h2-14H,1H3,(H,26,27)(H,23,24,25). The summed E-state index contributed by atoms with van der Waals surface area (Å²) in [4.78, 5) is 25.8. The average molecular weight is 370 g/mol. The highest BCUT2D eigenvalue weighted by molar-refractivity contribution is 5.94. The summed E-state index contributed by atoms with van der Waals surface area (Å²) >= 11 is 0. The first-order valence-electron chi connectivity index (χ1n) is 8.77. The third kappa shape index (κ3) is 3.67.